The zero-order chi connectivity index (χ0) is 16.9. The molecular weight excluding hydrogens is 326 g/mol. The molecule has 0 aliphatic heterocycles. The van der Waals surface area contributed by atoms with E-state index in [-0.39, 0.29) is 5.69 Å². The van der Waals surface area contributed by atoms with Crippen molar-refractivity contribution in [3.63, 3.8) is 0 Å². The average molecular weight is 337 g/mol. The van der Waals surface area contributed by atoms with Crippen molar-refractivity contribution >= 4 is 22.4 Å². The van der Waals surface area contributed by atoms with Crippen LogP contribution in [-0.2, 0) is 0 Å². The summed E-state index contributed by atoms with van der Waals surface area (Å²) in [6.45, 7) is 0. The van der Waals surface area contributed by atoms with E-state index in [1.54, 1.807) is 24.4 Å². The van der Waals surface area contributed by atoms with Gasteiger partial charge in [-0.05, 0) is 12.1 Å². The molecular formula is C16H11N5O2S. The number of carbonyl (C=O) groups is 1. The second-order valence-electron chi connectivity index (χ2n) is 4.59. The minimum Gasteiger partial charge on any atom is -0.497 e. The zero-order valence-electron chi connectivity index (χ0n) is 12.6. The summed E-state index contributed by atoms with van der Waals surface area (Å²) in [4.78, 5) is 25.3. The van der Waals surface area contributed by atoms with Gasteiger partial charge in [0.1, 0.15) is 22.4 Å². The highest BCUT2D eigenvalue weighted by atomic mass is 32.1. The molecule has 0 aliphatic rings. The molecule has 0 saturated heterocycles. The van der Waals surface area contributed by atoms with Crippen LogP contribution in [0, 0.1) is 11.3 Å². The van der Waals surface area contributed by atoms with Crippen molar-refractivity contribution in [3.05, 3.63) is 53.3 Å². The van der Waals surface area contributed by atoms with Crippen LogP contribution < -0.4 is 10.1 Å². The highest BCUT2D eigenvalue weighted by molar-refractivity contribution is 7.16. The lowest BCUT2D eigenvalue weighted by Crippen LogP contribution is -2.14. The van der Waals surface area contributed by atoms with Crippen LogP contribution in [0.3, 0.4) is 0 Å². The lowest BCUT2D eigenvalue weighted by atomic mass is 10.2. The van der Waals surface area contributed by atoms with E-state index in [9.17, 15) is 4.79 Å². The van der Waals surface area contributed by atoms with Gasteiger partial charge >= 0.3 is 0 Å². The normalized spacial score (nSPS) is 10.0. The first kappa shape index (κ1) is 15.6. The summed E-state index contributed by atoms with van der Waals surface area (Å²) >= 11 is 1.09. The molecule has 1 N–H and O–H groups in total. The molecule has 8 heteroatoms. The van der Waals surface area contributed by atoms with Crippen LogP contribution in [0.25, 0.3) is 11.4 Å². The minimum absolute atomic E-state index is 0.170. The zero-order valence-corrected chi connectivity index (χ0v) is 13.4. The maximum absolute atomic E-state index is 12.4. The smallest absolute Gasteiger partial charge is 0.276 e. The monoisotopic (exact) mass is 337 g/mol. The van der Waals surface area contributed by atoms with E-state index in [4.69, 9.17) is 10.00 Å². The summed E-state index contributed by atoms with van der Waals surface area (Å²) < 4.78 is 5.24. The number of pyridine rings is 2. The fourth-order valence-electron chi connectivity index (χ4n) is 1.93. The molecule has 0 fully saturated rings. The second kappa shape index (κ2) is 6.85. The Hall–Kier alpha value is -3.31. The summed E-state index contributed by atoms with van der Waals surface area (Å²) in [7, 11) is 1.51. The van der Waals surface area contributed by atoms with Crippen molar-refractivity contribution < 1.29 is 9.53 Å². The number of carbonyl (C=O) groups excluding carboxylic acids is 1. The largest absolute Gasteiger partial charge is 0.497 e. The number of hydrogen-bond donors (Lipinski definition) is 1. The third kappa shape index (κ3) is 3.37. The molecule has 1 amide bonds. The molecule has 3 aromatic heterocycles. The highest BCUT2D eigenvalue weighted by Crippen LogP contribution is 2.23. The van der Waals surface area contributed by atoms with Gasteiger partial charge in [-0.25, -0.2) is 9.97 Å². The SMILES string of the molecule is COc1cc(C(=O)Nc2ncc(C#N)s2)nc(-c2ccccn2)c1. The van der Waals surface area contributed by atoms with E-state index in [0.29, 0.717) is 27.1 Å². The van der Waals surface area contributed by atoms with Crippen LogP contribution in [0.5, 0.6) is 5.75 Å². The van der Waals surface area contributed by atoms with Gasteiger partial charge in [-0.1, -0.05) is 17.4 Å². The fraction of sp³-hybridized carbons (Fsp3) is 0.0625. The Bertz CT molecular complexity index is 918. The molecule has 0 radical (unpaired) electrons. The van der Waals surface area contributed by atoms with Crippen LogP contribution in [-0.4, -0.2) is 28.0 Å². The standard InChI is InChI=1S/C16H11N5O2S/c1-23-10-6-13(12-4-2-3-5-18-12)20-14(7-10)15(22)21-16-19-9-11(8-17)24-16/h2-7,9H,1H3,(H,19,21,22). The molecule has 3 heterocycles. The molecule has 0 unspecified atom stereocenters. The summed E-state index contributed by atoms with van der Waals surface area (Å²) in [6.07, 6.45) is 3.05. The Labute approximate surface area is 141 Å². The predicted octanol–water partition coefficient (Wildman–Crippen LogP) is 2.73. The maximum atomic E-state index is 12.4. The van der Waals surface area contributed by atoms with E-state index in [0.717, 1.165) is 11.3 Å². The van der Waals surface area contributed by atoms with E-state index in [1.165, 1.54) is 19.4 Å². The van der Waals surface area contributed by atoms with Crippen molar-refractivity contribution in [2.75, 3.05) is 12.4 Å². The number of aromatic nitrogens is 3. The molecule has 0 aromatic carbocycles. The van der Waals surface area contributed by atoms with Crippen LogP contribution >= 0.6 is 11.3 Å². The summed E-state index contributed by atoms with van der Waals surface area (Å²) in [5.41, 5.74) is 1.33. The van der Waals surface area contributed by atoms with Crippen LogP contribution in [0.4, 0.5) is 5.13 Å². The first-order valence-corrected chi connectivity index (χ1v) is 7.66. The Morgan fingerprint density at radius 2 is 2.17 bits per heavy atom. The third-order valence-corrected chi connectivity index (χ3v) is 3.85. The minimum atomic E-state index is -0.440. The van der Waals surface area contributed by atoms with E-state index >= 15 is 0 Å². The van der Waals surface area contributed by atoms with Gasteiger partial charge in [-0.15, -0.1) is 0 Å². The summed E-state index contributed by atoms with van der Waals surface area (Å²) in [5, 5.41) is 11.8. The number of amides is 1. The number of rotatable bonds is 4. The molecule has 0 atom stereocenters. The average Bonchev–Trinajstić information content (AvgIpc) is 3.09. The maximum Gasteiger partial charge on any atom is 0.276 e. The first-order chi connectivity index (χ1) is 11.7. The third-order valence-electron chi connectivity index (χ3n) is 3.03. The Morgan fingerprint density at radius 1 is 1.29 bits per heavy atom. The molecule has 0 bridgehead atoms. The van der Waals surface area contributed by atoms with Crippen molar-refractivity contribution in [1.29, 1.82) is 5.26 Å². The molecule has 118 valence electrons. The van der Waals surface area contributed by atoms with Gasteiger partial charge in [0.05, 0.1) is 24.7 Å². The van der Waals surface area contributed by atoms with Crippen molar-refractivity contribution in [2.45, 2.75) is 0 Å². The van der Waals surface area contributed by atoms with Gasteiger partial charge in [0, 0.05) is 18.3 Å². The quantitative estimate of drug-likeness (QED) is 0.785. The van der Waals surface area contributed by atoms with Gasteiger partial charge in [0.2, 0.25) is 0 Å². The number of hydrogen-bond acceptors (Lipinski definition) is 7. The van der Waals surface area contributed by atoms with Gasteiger partial charge in [0.25, 0.3) is 5.91 Å². The molecule has 3 rings (SSSR count). The number of thiazole rings is 1. The topological polar surface area (TPSA) is 101 Å². The van der Waals surface area contributed by atoms with Gasteiger partial charge in [-0.2, -0.15) is 5.26 Å². The lowest BCUT2D eigenvalue weighted by molar-refractivity contribution is 0.102. The van der Waals surface area contributed by atoms with Crippen LogP contribution in [0.1, 0.15) is 15.4 Å². The first-order valence-electron chi connectivity index (χ1n) is 6.84. The molecule has 7 nitrogen and oxygen atoms in total. The summed E-state index contributed by atoms with van der Waals surface area (Å²) in [6, 6.07) is 10.6. The Kier molecular flexibility index (Phi) is 4.45. The van der Waals surface area contributed by atoms with Crippen molar-refractivity contribution in [3.8, 4) is 23.2 Å². The predicted molar refractivity (Wildman–Crippen MR) is 88.8 cm³/mol. The highest BCUT2D eigenvalue weighted by Gasteiger charge is 2.14. The molecule has 24 heavy (non-hydrogen) atoms. The van der Waals surface area contributed by atoms with Crippen molar-refractivity contribution in [1.82, 2.24) is 15.0 Å². The Morgan fingerprint density at radius 3 is 2.83 bits per heavy atom. The number of nitrogens with one attached hydrogen (secondary N) is 1. The fourth-order valence-corrected chi connectivity index (χ4v) is 2.54. The number of anilines is 1. The Balaban J connectivity index is 1.92. The van der Waals surface area contributed by atoms with Crippen LogP contribution in [0.2, 0.25) is 0 Å². The van der Waals surface area contributed by atoms with Gasteiger partial charge in [-0.3, -0.25) is 15.1 Å². The number of ether oxygens (including phenoxy) is 1. The van der Waals surface area contributed by atoms with Gasteiger partial charge < -0.3 is 4.74 Å². The van der Waals surface area contributed by atoms with Gasteiger partial charge in [0.15, 0.2) is 5.13 Å². The lowest BCUT2D eigenvalue weighted by Gasteiger charge is -2.07. The number of methoxy groups -OCH3 is 1. The van der Waals surface area contributed by atoms with Crippen molar-refractivity contribution in [2.24, 2.45) is 0 Å². The van der Waals surface area contributed by atoms with Crippen LogP contribution in [0.15, 0.2) is 42.7 Å². The number of nitrogens with zero attached hydrogens (tertiary/aromatic N) is 4. The summed E-state index contributed by atoms with van der Waals surface area (Å²) in [5.74, 6) is 0.0533. The molecule has 0 aliphatic carbocycles. The second-order valence-corrected chi connectivity index (χ2v) is 5.62. The molecule has 3 aromatic rings. The van der Waals surface area contributed by atoms with E-state index in [1.807, 2.05) is 12.1 Å². The number of nitriles is 1. The molecule has 0 saturated carbocycles. The van der Waals surface area contributed by atoms with E-state index in [2.05, 4.69) is 20.3 Å². The van der Waals surface area contributed by atoms with E-state index < -0.39 is 5.91 Å². The molecule has 0 spiro atoms.